The van der Waals surface area contributed by atoms with Gasteiger partial charge >= 0.3 is 5.70 Å². The maximum absolute atomic E-state index is 11.7. The fraction of sp³-hybridized carbons (Fsp3) is 0.778. The molecule has 0 aromatic rings. The van der Waals surface area contributed by atoms with E-state index in [1.54, 1.807) is 0 Å². The predicted molar refractivity (Wildman–Crippen MR) is 122 cm³/mol. The predicted octanol–water partition coefficient (Wildman–Crippen LogP) is 4.99. The molecule has 1 aliphatic heterocycles. The molecule has 0 spiro atoms. The van der Waals surface area contributed by atoms with Gasteiger partial charge in [0.1, 0.15) is 4.49 Å². The quantitative estimate of drug-likeness (QED) is 0.176. The lowest BCUT2D eigenvalue weighted by Crippen LogP contribution is -2.47. The standard InChI is InChI=1S/C18H31Cl3N4O2S/c1-2-3-4-5-6-7-14-28-18(16(25(26)27)15(19)17(20)21)24-12-10-23(9-8-22)11-13-24/h2-14,22H2,1H3/b18-16+. The molecule has 10 heteroatoms. The van der Waals surface area contributed by atoms with Crippen LogP contribution < -0.4 is 5.73 Å². The first kappa shape index (κ1) is 25.9. The largest absolute Gasteiger partial charge is 0.358 e. The third-order valence-electron chi connectivity index (χ3n) is 4.60. The number of halogens is 3. The van der Waals surface area contributed by atoms with Crippen molar-refractivity contribution in [2.45, 2.75) is 45.4 Å². The first-order valence-electron chi connectivity index (χ1n) is 9.82. The fourth-order valence-electron chi connectivity index (χ4n) is 3.06. The summed E-state index contributed by atoms with van der Waals surface area (Å²) in [5.41, 5.74) is 5.42. The second-order valence-electron chi connectivity index (χ2n) is 6.72. The molecule has 0 radical (unpaired) electrons. The summed E-state index contributed by atoms with van der Waals surface area (Å²) in [7, 11) is 0. The molecular formula is C18H31Cl3N4O2S. The van der Waals surface area contributed by atoms with Crippen molar-refractivity contribution < 1.29 is 4.92 Å². The average molecular weight is 474 g/mol. The normalized spacial score (nSPS) is 16.1. The number of rotatable bonds is 13. The Labute approximate surface area is 187 Å². The van der Waals surface area contributed by atoms with E-state index in [0.717, 1.165) is 38.2 Å². The highest BCUT2D eigenvalue weighted by Crippen LogP contribution is 2.35. The van der Waals surface area contributed by atoms with Gasteiger partial charge in [-0.2, -0.15) is 0 Å². The van der Waals surface area contributed by atoms with Crippen LogP contribution >= 0.6 is 46.6 Å². The van der Waals surface area contributed by atoms with E-state index >= 15 is 0 Å². The zero-order chi connectivity index (χ0) is 20.9. The molecular weight excluding hydrogens is 443 g/mol. The lowest BCUT2D eigenvalue weighted by atomic mass is 10.1. The van der Waals surface area contributed by atoms with Gasteiger partial charge in [-0.15, -0.1) is 11.8 Å². The number of hydrogen-bond donors (Lipinski definition) is 1. The minimum atomic E-state index is -0.483. The summed E-state index contributed by atoms with van der Waals surface area (Å²) in [4.78, 5) is 15.5. The summed E-state index contributed by atoms with van der Waals surface area (Å²) in [5.74, 6) is 0.798. The zero-order valence-corrected chi connectivity index (χ0v) is 19.6. The van der Waals surface area contributed by atoms with Crippen molar-refractivity contribution in [1.29, 1.82) is 0 Å². The van der Waals surface area contributed by atoms with Crippen molar-refractivity contribution in [3.63, 3.8) is 0 Å². The Balaban J connectivity index is 2.87. The van der Waals surface area contributed by atoms with Gasteiger partial charge in [0.15, 0.2) is 10.1 Å². The van der Waals surface area contributed by atoms with Crippen molar-refractivity contribution >= 4 is 46.6 Å². The van der Waals surface area contributed by atoms with E-state index in [9.17, 15) is 10.1 Å². The summed E-state index contributed by atoms with van der Waals surface area (Å²) in [6.45, 7) is 6.59. The number of nitro groups is 1. The number of thioether (sulfide) groups is 1. The SMILES string of the molecule is CCCCCCCCS/C(=C(\C(Cl)=C(Cl)Cl)[N+](=O)[O-])N1CCN(CCN)CC1. The van der Waals surface area contributed by atoms with Crippen LogP contribution in [0.5, 0.6) is 0 Å². The second kappa shape index (κ2) is 14.7. The highest BCUT2D eigenvalue weighted by atomic mass is 35.5. The highest BCUT2D eigenvalue weighted by Gasteiger charge is 2.30. The highest BCUT2D eigenvalue weighted by molar-refractivity contribution is 8.03. The van der Waals surface area contributed by atoms with Gasteiger partial charge in [0.25, 0.3) is 0 Å². The number of hydrogen-bond acceptors (Lipinski definition) is 6. The average Bonchev–Trinajstić information content (AvgIpc) is 2.66. The molecule has 162 valence electrons. The van der Waals surface area contributed by atoms with Crippen LogP contribution in [-0.4, -0.2) is 59.7 Å². The molecule has 0 aromatic carbocycles. The van der Waals surface area contributed by atoms with Gasteiger partial charge in [0.2, 0.25) is 0 Å². The Hall–Kier alpha value is -0.180. The first-order chi connectivity index (χ1) is 13.4. The van der Waals surface area contributed by atoms with Gasteiger partial charge in [0.05, 0.1) is 4.92 Å². The number of unbranched alkanes of at least 4 members (excludes halogenated alkanes) is 5. The van der Waals surface area contributed by atoms with Crippen molar-refractivity contribution in [2.24, 2.45) is 5.73 Å². The smallest absolute Gasteiger partial charge is 0.319 e. The first-order valence-corrected chi connectivity index (χ1v) is 11.9. The Kier molecular flexibility index (Phi) is 13.6. The Morgan fingerprint density at radius 3 is 2.21 bits per heavy atom. The van der Waals surface area contributed by atoms with Gasteiger partial charge in [-0.3, -0.25) is 15.0 Å². The minimum Gasteiger partial charge on any atom is -0.358 e. The monoisotopic (exact) mass is 472 g/mol. The minimum absolute atomic E-state index is 0.204. The van der Waals surface area contributed by atoms with Gasteiger partial charge in [-0.05, 0) is 12.2 Å². The number of allylic oxidation sites excluding steroid dienone is 1. The number of piperazine rings is 1. The maximum Gasteiger partial charge on any atom is 0.319 e. The molecule has 0 saturated carbocycles. The Morgan fingerprint density at radius 1 is 1.07 bits per heavy atom. The number of nitrogens with zero attached hydrogens (tertiary/aromatic N) is 3. The van der Waals surface area contributed by atoms with Crippen LogP contribution in [0, 0.1) is 10.1 Å². The molecule has 0 atom stereocenters. The Bertz CT molecular complexity index is 549. The van der Waals surface area contributed by atoms with E-state index in [0.29, 0.717) is 24.7 Å². The van der Waals surface area contributed by atoms with E-state index < -0.39 is 4.92 Å². The molecule has 0 aliphatic carbocycles. The van der Waals surface area contributed by atoms with Gasteiger partial charge in [-0.25, -0.2) is 0 Å². The summed E-state index contributed by atoms with van der Waals surface area (Å²) in [6, 6.07) is 0. The second-order valence-corrected chi connectivity index (χ2v) is 9.13. The van der Waals surface area contributed by atoms with Gasteiger partial charge < -0.3 is 10.6 Å². The topological polar surface area (TPSA) is 75.6 Å². The molecule has 2 N–H and O–H groups in total. The van der Waals surface area contributed by atoms with E-state index in [1.807, 2.05) is 4.90 Å². The molecule has 1 rings (SSSR count). The zero-order valence-electron chi connectivity index (χ0n) is 16.5. The van der Waals surface area contributed by atoms with E-state index in [4.69, 9.17) is 40.5 Å². The molecule has 0 unspecified atom stereocenters. The fourth-order valence-corrected chi connectivity index (χ4v) is 4.67. The third kappa shape index (κ3) is 9.09. The summed E-state index contributed by atoms with van der Waals surface area (Å²) >= 11 is 19.1. The molecule has 1 fully saturated rings. The van der Waals surface area contributed by atoms with Crippen LogP contribution in [0.15, 0.2) is 20.2 Å². The lowest BCUT2D eigenvalue weighted by Gasteiger charge is -2.36. The van der Waals surface area contributed by atoms with E-state index in [1.165, 1.54) is 37.4 Å². The van der Waals surface area contributed by atoms with Gasteiger partial charge in [-0.1, -0.05) is 73.8 Å². The molecule has 1 saturated heterocycles. The van der Waals surface area contributed by atoms with Crippen molar-refractivity contribution in [2.75, 3.05) is 45.0 Å². The summed E-state index contributed by atoms with van der Waals surface area (Å²) in [6.07, 6.45) is 7.04. The summed E-state index contributed by atoms with van der Waals surface area (Å²) in [5, 5.41) is 12.1. The van der Waals surface area contributed by atoms with Crippen molar-refractivity contribution in [3.05, 3.63) is 30.4 Å². The van der Waals surface area contributed by atoms with Gasteiger partial charge in [0, 0.05) is 39.3 Å². The molecule has 0 aromatic heterocycles. The molecule has 6 nitrogen and oxygen atoms in total. The number of nitrogens with two attached hydrogens (primary N) is 1. The molecule has 1 aliphatic rings. The molecule has 28 heavy (non-hydrogen) atoms. The van der Waals surface area contributed by atoms with Crippen LogP contribution in [-0.2, 0) is 0 Å². The van der Waals surface area contributed by atoms with E-state index in [-0.39, 0.29) is 15.2 Å². The van der Waals surface area contributed by atoms with Crippen molar-refractivity contribution in [1.82, 2.24) is 9.80 Å². The Morgan fingerprint density at radius 2 is 1.68 bits per heavy atom. The van der Waals surface area contributed by atoms with Crippen LogP contribution in [0.2, 0.25) is 0 Å². The molecule has 0 amide bonds. The van der Waals surface area contributed by atoms with Crippen molar-refractivity contribution in [3.8, 4) is 0 Å². The summed E-state index contributed by atoms with van der Waals surface area (Å²) < 4.78 is -0.284. The lowest BCUT2D eigenvalue weighted by molar-refractivity contribution is -0.421. The van der Waals surface area contributed by atoms with Crippen LogP contribution in [0.3, 0.4) is 0 Å². The van der Waals surface area contributed by atoms with Crippen LogP contribution in [0.4, 0.5) is 0 Å². The third-order valence-corrected chi connectivity index (χ3v) is 6.76. The van der Waals surface area contributed by atoms with Crippen LogP contribution in [0.25, 0.3) is 0 Å². The van der Waals surface area contributed by atoms with Crippen LogP contribution in [0.1, 0.15) is 45.4 Å². The van der Waals surface area contributed by atoms with E-state index in [2.05, 4.69) is 11.8 Å². The molecule has 1 heterocycles. The maximum atomic E-state index is 11.7. The molecule has 0 bridgehead atoms.